The molecule has 0 aromatic heterocycles. The molecule has 0 fully saturated rings. The van der Waals surface area contributed by atoms with Crippen LogP contribution in [0.2, 0.25) is 10.0 Å². The normalized spacial score (nSPS) is 11.7. The molecule has 0 aliphatic heterocycles. The Morgan fingerprint density at radius 1 is 1.44 bits per heavy atom. The lowest BCUT2D eigenvalue weighted by molar-refractivity contribution is 0.459. The molecule has 0 saturated carbocycles. The molecule has 1 aromatic rings. The van der Waals surface area contributed by atoms with Gasteiger partial charge in [0.15, 0.2) is 0 Å². The summed E-state index contributed by atoms with van der Waals surface area (Å²) in [5, 5.41) is 10.2. The van der Waals surface area contributed by atoms with Gasteiger partial charge in [-0.3, -0.25) is 0 Å². The van der Waals surface area contributed by atoms with Crippen LogP contribution in [0.3, 0.4) is 0 Å². The van der Waals surface area contributed by atoms with E-state index in [0.29, 0.717) is 10.6 Å². The summed E-state index contributed by atoms with van der Waals surface area (Å²) < 4.78 is 0. The van der Waals surface area contributed by atoms with Crippen molar-refractivity contribution in [2.45, 2.75) is 18.9 Å². The lowest BCUT2D eigenvalue weighted by Gasteiger charge is -2.14. The van der Waals surface area contributed by atoms with Crippen LogP contribution in [0.25, 0.3) is 0 Å². The van der Waals surface area contributed by atoms with Crippen molar-refractivity contribution in [2.24, 2.45) is 5.73 Å². The zero-order chi connectivity index (χ0) is 11.4. The second-order valence-corrected chi connectivity index (χ2v) is 4.06. The lowest BCUT2D eigenvalue weighted by atomic mass is 10.0. The minimum atomic E-state index is -0.252. The summed E-state index contributed by atoms with van der Waals surface area (Å²) in [7, 11) is 0. The number of hydrogen-bond donors (Lipinski definition) is 2. The van der Waals surface area contributed by atoms with Gasteiger partial charge in [-0.25, -0.2) is 0 Å². The number of allylic oxidation sites excluding steroid dienone is 1. The van der Waals surface area contributed by atoms with Crippen LogP contribution >= 0.6 is 35.6 Å². The van der Waals surface area contributed by atoms with Crippen molar-refractivity contribution in [2.75, 3.05) is 0 Å². The van der Waals surface area contributed by atoms with Crippen LogP contribution in [0.4, 0.5) is 0 Å². The number of benzene rings is 1. The average Bonchev–Trinajstić information content (AvgIpc) is 2.23. The van der Waals surface area contributed by atoms with Crippen molar-refractivity contribution in [3.8, 4) is 5.75 Å². The first-order valence-corrected chi connectivity index (χ1v) is 5.36. The lowest BCUT2D eigenvalue weighted by Crippen LogP contribution is -2.10. The Kier molecular flexibility index (Phi) is 6.84. The molecule has 0 saturated heterocycles. The Bertz CT molecular complexity index is 368. The molecule has 16 heavy (non-hydrogen) atoms. The van der Waals surface area contributed by atoms with E-state index in [2.05, 4.69) is 6.58 Å². The first-order chi connectivity index (χ1) is 7.07. The topological polar surface area (TPSA) is 46.2 Å². The first-order valence-electron chi connectivity index (χ1n) is 4.61. The zero-order valence-corrected chi connectivity index (χ0v) is 10.9. The maximum Gasteiger partial charge on any atom is 0.140 e. The number of halogens is 3. The number of hydrogen-bond acceptors (Lipinski definition) is 2. The van der Waals surface area contributed by atoms with Gasteiger partial charge in [-0.1, -0.05) is 35.3 Å². The summed E-state index contributed by atoms with van der Waals surface area (Å²) in [6.45, 7) is 3.62. The summed E-state index contributed by atoms with van der Waals surface area (Å²) in [5.41, 5.74) is 6.51. The standard InChI is InChI=1S/C11H13Cl2NO.ClH/c1-2-3-4-9(14)7-5-6-8(12)10(13)11(7)15;/h2,5-6,9,15H,1,3-4,14H2;1H/t9-;/m1./s1. The smallest absolute Gasteiger partial charge is 0.140 e. The van der Waals surface area contributed by atoms with Crippen LogP contribution in [-0.4, -0.2) is 5.11 Å². The molecule has 0 heterocycles. The van der Waals surface area contributed by atoms with Gasteiger partial charge in [-0.15, -0.1) is 19.0 Å². The maximum atomic E-state index is 9.73. The molecule has 0 radical (unpaired) electrons. The first kappa shape index (κ1) is 15.6. The van der Waals surface area contributed by atoms with E-state index in [0.717, 1.165) is 12.8 Å². The summed E-state index contributed by atoms with van der Waals surface area (Å²) in [6, 6.07) is 3.07. The van der Waals surface area contributed by atoms with Crippen molar-refractivity contribution in [3.05, 3.63) is 40.4 Å². The van der Waals surface area contributed by atoms with Crippen LogP contribution in [0, 0.1) is 0 Å². The van der Waals surface area contributed by atoms with E-state index in [9.17, 15) is 5.11 Å². The van der Waals surface area contributed by atoms with Gasteiger partial charge < -0.3 is 10.8 Å². The van der Waals surface area contributed by atoms with E-state index in [1.807, 2.05) is 0 Å². The van der Waals surface area contributed by atoms with E-state index >= 15 is 0 Å². The third kappa shape index (κ3) is 3.56. The van der Waals surface area contributed by atoms with Crippen LogP contribution in [0.1, 0.15) is 24.4 Å². The third-order valence-corrected chi connectivity index (χ3v) is 2.98. The van der Waals surface area contributed by atoms with Crippen LogP contribution < -0.4 is 5.73 Å². The predicted molar refractivity (Wildman–Crippen MR) is 71.7 cm³/mol. The second kappa shape index (κ2) is 7.02. The fourth-order valence-electron chi connectivity index (χ4n) is 1.31. The highest BCUT2D eigenvalue weighted by Crippen LogP contribution is 2.37. The highest BCUT2D eigenvalue weighted by atomic mass is 35.5. The highest BCUT2D eigenvalue weighted by molar-refractivity contribution is 6.43. The van der Waals surface area contributed by atoms with Crippen molar-refractivity contribution < 1.29 is 5.11 Å². The molecule has 3 N–H and O–H groups in total. The quantitative estimate of drug-likeness (QED) is 0.817. The number of nitrogens with two attached hydrogens (primary N) is 1. The maximum absolute atomic E-state index is 9.73. The summed E-state index contributed by atoms with van der Waals surface area (Å²) in [4.78, 5) is 0. The zero-order valence-electron chi connectivity index (χ0n) is 8.62. The number of phenolic OH excluding ortho intramolecular Hbond substituents is 1. The summed E-state index contributed by atoms with van der Waals surface area (Å²) in [5.74, 6) is -0.0271. The van der Waals surface area contributed by atoms with Crippen LogP contribution in [0.15, 0.2) is 24.8 Å². The molecule has 1 rings (SSSR count). The van der Waals surface area contributed by atoms with Gasteiger partial charge in [0.25, 0.3) is 0 Å². The van der Waals surface area contributed by atoms with Gasteiger partial charge in [0, 0.05) is 11.6 Å². The molecule has 0 aliphatic rings. The van der Waals surface area contributed by atoms with Crippen LogP contribution in [0.5, 0.6) is 5.75 Å². The Hall–Kier alpha value is -0.410. The van der Waals surface area contributed by atoms with E-state index in [4.69, 9.17) is 28.9 Å². The molecule has 2 nitrogen and oxygen atoms in total. The average molecular weight is 283 g/mol. The molecule has 1 aromatic carbocycles. The number of rotatable bonds is 4. The van der Waals surface area contributed by atoms with E-state index in [1.54, 1.807) is 18.2 Å². The summed E-state index contributed by atoms with van der Waals surface area (Å²) in [6.07, 6.45) is 3.30. The second-order valence-electron chi connectivity index (χ2n) is 3.27. The molecular weight excluding hydrogens is 268 g/mol. The van der Waals surface area contributed by atoms with Gasteiger partial charge in [0.05, 0.1) is 5.02 Å². The van der Waals surface area contributed by atoms with Crippen molar-refractivity contribution >= 4 is 35.6 Å². The summed E-state index contributed by atoms with van der Waals surface area (Å²) >= 11 is 11.5. The fourth-order valence-corrected chi connectivity index (χ4v) is 1.63. The number of aromatic hydroxyl groups is 1. The highest BCUT2D eigenvalue weighted by Gasteiger charge is 2.14. The fraction of sp³-hybridized carbons (Fsp3) is 0.273. The van der Waals surface area contributed by atoms with Gasteiger partial charge in [0.2, 0.25) is 0 Å². The van der Waals surface area contributed by atoms with E-state index in [1.165, 1.54) is 0 Å². The van der Waals surface area contributed by atoms with E-state index < -0.39 is 0 Å². The molecule has 90 valence electrons. The molecule has 0 aliphatic carbocycles. The van der Waals surface area contributed by atoms with E-state index in [-0.39, 0.29) is 29.2 Å². The predicted octanol–water partition coefficient (Wildman–Crippen LogP) is 4.09. The van der Waals surface area contributed by atoms with Crippen molar-refractivity contribution in [1.29, 1.82) is 0 Å². The SMILES string of the molecule is C=CCC[C@@H](N)c1ccc(Cl)c(Cl)c1O.Cl. The van der Waals surface area contributed by atoms with Gasteiger partial charge in [-0.2, -0.15) is 0 Å². The molecule has 1 atom stereocenters. The Morgan fingerprint density at radius 2 is 2.06 bits per heavy atom. The molecule has 0 spiro atoms. The van der Waals surface area contributed by atoms with Crippen molar-refractivity contribution in [3.63, 3.8) is 0 Å². The Balaban J connectivity index is 0.00000225. The molecule has 0 amide bonds. The van der Waals surface area contributed by atoms with Crippen molar-refractivity contribution in [1.82, 2.24) is 0 Å². The monoisotopic (exact) mass is 281 g/mol. The van der Waals surface area contributed by atoms with Gasteiger partial charge >= 0.3 is 0 Å². The largest absolute Gasteiger partial charge is 0.506 e. The minimum Gasteiger partial charge on any atom is -0.506 e. The van der Waals surface area contributed by atoms with Crippen LogP contribution in [-0.2, 0) is 0 Å². The molecular formula is C11H14Cl3NO. The minimum absolute atomic E-state index is 0. The van der Waals surface area contributed by atoms with Gasteiger partial charge in [0.1, 0.15) is 10.8 Å². The molecule has 5 heteroatoms. The molecule has 0 unspecified atom stereocenters. The van der Waals surface area contributed by atoms with Gasteiger partial charge in [-0.05, 0) is 18.9 Å². The third-order valence-electron chi connectivity index (χ3n) is 2.18. The number of phenols is 1. The Morgan fingerprint density at radius 3 is 2.62 bits per heavy atom. The molecule has 0 bridgehead atoms. The Labute approximate surface area is 111 Å².